The second kappa shape index (κ2) is 4.51. The highest BCUT2D eigenvalue weighted by Gasteiger charge is 2.07. The molecule has 1 aromatic carbocycles. The predicted molar refractivity (Wildman–Crippen MR) is 73.3 cm³/mol. The van der Waals surface area contributed by atoms with Crippen molar-refractivity contribution in [3.05, 3.63) is 47.3 Å². The van der Waals surface area contributed by atoms with E-state index in [9.17, 15) is 4.39 Å². The molecular weight excluding hydrogens is 267 g/mol. The van der Waals surface area contributed by atoms with Crippen molar-refractivity contribution in [2.45, 2.75) is 6.92 Å². The van der Waals surface area contributed by atoms with Gasteiger partial charge in [0.25, 0.3) is 0 Å². The summed E-state index contributed by atoms with van der Waals surface area (Å²) in [5.41, 5.74) is 2.84. The van der Waals surface area contributed by atoms with E-state index in [2.05, 4.69) is 20.3 Å². The van der Waals surface area contributed by atoms with Crippen LogP contribution in [0.15, 0.2) is 30.5 Å². The van der Waals surface area contributed by atoms with Crippen LogP contribution < -0.4 is 5.32 Å². The van der Waals surface area contributed by atoms with E-state index in [0.29, 0.717) is 0 Å². The molecule has 96 valence electrons. The van der Waals surface area contributed by atoms with Gasteiger partial charge in [-0.25, -0.2) is 9.37 Å². The van der Waals surface area contributed by atoms with Gasteiger partial charge < -0.3 is 10.3 Å². The lowest BCUT2D eigenvalue weighted by molar-refractivity contribution is 0.619. The second-order valence-corrected chi connectivity index (χ2v) is 4.55. The van der Waals surface area contributed by atoms with Gasteiger partial charge in [-0.1, -0.05) is 0 Å². The van der Waals surface area contributed by atoms with Gasteiger partial charge in [-0.3, -0.25) is 0 Å². The molecule has 4 nitrogen and oxygen atoms in total. The quantitative estimate of drug-likeness (QED) is 0.700. The van der Waals surface area contributed by atoms with Crippen molar-refractivity contribution in [1.82, 2.24) is 15.0 Å². The van der Waals surface area contributed by atoms with Crippen molar-refractivity contribution in [2.75, 3.05) is 5.32 Å². The van der Waals surface area contributed by atoms with E-state index >= 15 is 0 Å². The predicted octanol–water partition coefficient (Wildman–Crippen LogP) is 3.80. The Morgan fingerprint density at radius 3 is 3.00 bits per heavy atom. The van der Waals surface area contributed by atoms with Gasteiger partial charge in [-0.2, -0.15) is 4.98 Å². The van der Waals surface area contributed by atoms with E-state index in [1.807, 2.05) is 31.2 Å². The molecule has 0 spiro atoms. The van der Waals surface area contributed by atoms with Crippen molar-refractivity contribution in [1.29, 1.82) is 0 Å². The number of rotatable bonds is 2. The summed E-state index contributed by atoms with van der Waals surface area (Å²) < 4.78 is 13.5. The molecule has 0 atom stereocenters. The van der Waals surface area contributed by atoms with Gasteiger partial charge in [-0.15, -0.1) is 0 Å². The zero-order valence-corrected chi connectivity index (χ0v) is 10.8. The van der Waals surface area contributed by atoms with Crippen molar-refractivity contribution in [3.63, 3.8) is 0 Å². The number of aryl methyl sites for hydroxylation is 1. The Hall–Kier alpha value is -2.14. The summed E-state index contributed by atoms with van der Waals surface area (Å²) in [6.07, 6.45) is 1.04. The fourth-order valence-corrected chi connectivity index (χ4v) is 2.06. The third kappa shape index (κ3) is 2.37. The van der Waals surface area contributed by atoms with Crippen LogP contribution in [0.2, 0.25) is 5.28 Å². The van der Waals surface area contributed by atoms with Crippen LogP contribution in [0.5, 0.6) is 0 Å². The number of halogens is 2. The third-order valence-electron chi connectivity index (χ3n) is 2.73. The Kier molecular flexibility index (Phi) is 2.83. The minimum Gasteiger partial charge on any atom is -0.359 e. The van der Waals surface area contributed by atoms with Crippen LogP contribution in [-0.2, 0) is 0 Å². The molecule has 2 aromatic heterocycles. The molecule has 0 unspecified atom stereocenters. The molecule has 2 heterocycles. The van der Waals surface area contributed by atoms with Crippen LogP contribution in [0.4, 0.5) is 15.9 Å². The SMILES string of the molecule is Cc1cc2cc(Nc3nc(Cl)ncc3F)ccc2[nH]1. The Balaban J connectivity index is 1.98. The van der Waals surface area contributed by atoms with Gasteiger partial charge in [0.15, 0.2) is 11.6 Å². The molecule has 0 radical (unpaired) electrons. The number of anilines is 2. The van der Waals surface area contributed by atoms with E-state index in [1.165, 1.54) is 0 Å². The second-order valence-electron chi connectivity index (χ2n) is 4.21. The molecule has 3 rings (SSSR count). The van der Waals surface area contributed by atoms with Crippen molar-refractivity contribution in [3.8, 4) is 0 Å². The number of nitrogens with zero attached hydrogens (tertiary/aromatic N) is 2. The van der Waals surface area contributed by atoms with Gasteiger partial charge >= 0.3 is 0 Å². The number of benzene rings is 1. The molecule has 0 aliphatic heterocycles. The molecule has 0 saturated carbocycles. The summed E-state index contributed by atoms with van der Waals surface area (Å²) in [5.74, 6) is -0.485. The Labute approximate surface area is 113 Å². The molecule has 0 aliphatic rings. The first-order chi connectivity index (χ1) is 9.11. The molecule has 2 N–H and O–H groups in total. The number of aromatic amines is 1. The highest BCUT2D eigenvalue weighted by molar-refractivity contribution is 6.28. The summed E-state index contributed by atoms with van der Waals surface area (Å²) >= 11 is 5.65. The Morgan fingerprint density at radius 2 is 2.16 bits per heavy atom. The number of aromatic nitrogens is 3. The Morgan fingerprint density at radius 1 is 1.32 bits per heavy atom. The van der Waals surface area contributed by atoms with Crippen molar-refractivity contribution < 1.29 is 4.39 Å². The first-order valence-corrected chi connectivity index (χ1v) is 6.04. The molecule has 0 amide bonds. The van der Waals surface area contributed by atoms with Crippen LogP contribution in [0.1, 0.15) is 5.69 Å². The molecule has 6 heteroatoms. The van der Waals surface area contributed by atoms with Crippen molar-refractivity contribution >= 4 is 34.0 Å². The number of fused-ring (bicyclic) bond motifs is 1. The average Bonchev–Trinajstić information content (AvgIpc) is 2.73. The molecule has 0 bridgehead atoms. The lowest BCUT2D eigenvalue weighted by Crippen LogP contribution is -1.98. The fourth-order valence-electron chi connectivity index (χ4n) is 1.93. The van der Waals surface area contributed by atoms with E-state index in [4.69, 9.17) is 11.6 Å². The monoisotopic (exact) mass is 276 g/mol. The molecular formula is C13H10ClFN4. The molecule has 0 aliphatic carbocycles. The zero-order valence-electron chi connectivity index (χ0n) is 10.0. The third-order valence-corrected chi connectivity index (χ3v) is 2.91. The van der Waals surface area contributed by atoms with Gasteiger partial charge in [0.05, 0.1) is 6.20 Å². The van der Waals surface area contributed by atoms with Gasteiger partial charge in [0, 0.05) is 22.3 Å². The van der Waals surface area contributed by atoms with E-state index in [1.54, 1.807) is 0 Å². The van der Waals surface area contributed by atoms with Gasteiger partial charge in [0.1, 0.15) is 0 Å². The molecule has 3 aromatic rings. The topological polar surface area (TPSA) is 53.6 Å². The fraction of sp³-hybridized carbons (Fsp3) is 0.0769. The minimum absolute atomic E-state index is 0.00228. The smallest absolute Gasteiger partial charge is 0.224 e. The number of hydrogen-bond acceptors (Lipinski definition) is 3. The lowest BCUT2D eigenvalue weighted by atomic mass is 10.2. The summed E-state index contributed by atoms with van der Waals surface area (Å²) in [7, 11) is 0. The van der Waals surface area contributed by atoms with Gasteiger partial charge in [0.2, 0.25) is 5.28 Å². The average molecular weight is 277 g/mol. The maximum absolute atomic E-state index is 13.5. The normalized spacial score (nSPS) is 10.9. The zero-order chi connectivity index (χ0) is 13.4. The molecule has 19 heavy (non-hydrogen) atoms. The minimum atomic E-state index is -0.547. The molecule has 0 fully saturated rings. The number of H-pyrrole nitrogens is 1. The maximum Gasteiger partial charge on any atom is 0.224 e. The van der Waals surface area contributed by atoms with E-state index < -0.39 is 5.82 Å². The summed E-state index contributed by atoms with van der Waals surface area (Å²) in [4.78, 5) is 10.6. The summed E-state index contributed by atoms with van der Waals surface area (Å²) in [5, 5.41) is 3.94. The first-order valence-electron chi connectivity index (χ1n) is 5.66. The standard InChI is InChI=1S/C13H10ClFN4/c1-7-4-8-5-9(2-3-11(8)17-7)18-12-10(15)6-16-13(14)19-12/h2-6,17H,1H3,(H,16,18,19). The lowest BCUT2D eigenvalue weighted by Gasteiger charge is -2.06. The van der Waals surface area contributed by atoms with Crippen LogP contribution in [0, 0.1) is 12.7 Å². The van der Waals surface area contributed by atoms with Crippen LogP contribution in [0.25, 0.3) is 10.9 Å². The summed E-state index contributed by atoms with van der Waals surface area (Å²) in [6.45, 7) is 1.98. The first kappa shape index (κ1) is 11.9. The van der Waals surface area contributed by atoms with Crippen LogP contribution in [-0.4, -0.2) is 15.0 Å². The summed E-state index contributed by atoms with van der Waals surface area (Å²) in [6, 6.07) is 7.69. The van der Waals surface area contributed by atoms with Crippen LogP contribution in [0.3, 0.4) is 0 Å². The van der Waals surface area contributed by atoms with Crippen molar-refractivity contribution in [2.24, 2.45) is 0 Å². The maximum atomic E-state index is 13.5. The highest BCUT2D eigenvalue weighted by Crippen LogP contribution is 2.23. The Bertz CT molecular complexity index is 753. The van der Waals surface area contributed by atoms with Crippen LogP contribution >= 0.6 is 11.6 Å². The van der Waals surface area contributed by atoms with E-state index in [-0.39, 0.29) is 11.1 Å². The largest absolute Gasteiger partial charge is 0.359 e. The van der Waals surface area contributed by atoms with Gasteiger partial charge in [-0.05, 0) is 42.8 Å². The number of nitrogens with one attached hydrogen (secondary N) is 2. The highest BCUT2D eigenvalue weighted by atomic mass is 35.5. The molecule has 0 saturated heterocycles. The van der Waals surface area contributed by atoms with E-state index in [0.717, 1.165) is 28.5 Å². The number of hydrogen-bond donors (Lipinski definition) is 2.